The number of rotatable bonds is 4. The lowest BCUT2D eigenvalue weighted by Gasteiger charge is -2.14. The first-order valence-corrected chi connectivity index (χ1v) is 7.47. The van der Waals surface area contributed by atoms with Crippen molar-refractivity contribution in [1.82, 2.24) is 19.4 Å². The van der Waals surface area contributed by atoms with E-state index in [2.05, 4.69) is 15.0 Å². The molecule has 1 saturated heterocycles. The number of fused-ring (bicyclic) bond motifs is 1. The first-order chi connectivity index (χ1) is 10.6. The monoisotopic (exact) mass is 323 g/mol. The average Bonchev–Trinajstić information content (AvgIpc) is 3.10. The second-order valence-electron chi connectivity index (χ2n) is 5.46. The van der Waals surface area contributed by atoms with Crippen LogP contribution in [0.4, 0.5) is 5.82 Å². The Hall–Kier alpha value is -1.70. The van der Waals surface area contributed by atoms with Crippen LogP contribution < -0.4 is 0 Å². The van der Waals surface area contributed by atoms with Gasteiger partial charge in [0, 0.05) is 20.3 Å². The van der Waals surface area contributed by atoms with E-state index >= 15 is 0 Å². The van der Waals surface area contributed by atoms with E-state index in [9.17, 15) is 5.11 Å². The summed E-state index contributed by atoms with van der Waals surface area (Å²) in [6.45, 7) is 0.0316. The molecule has 2 aromatic heterocycles. The van der Waals surface area contributed by atoms with Gasteiger partial charge in [-0.15, -0.1) is 0 Å². The van der Waals surface area contributed by atoms with Gasteiger partial charge >= 0.3 is 0 Å². The lowest BCUT2D eigenvalue weighted by molar-refractivity contribution is -0.0204. The molecule has 0 spiro atoms. The quantitative estimate of drug-likeness (QED) is 0.529. The van der Waals surface area contributed by atoms with Gasteiger partial charge in [0.2, 0.25) is 5.28 Å². The molecule has 22 heavy (non-hydrogen) atoms. The van der Waals surface area contributed by atoms with E-state index in [0.29, 0.717) is 11.5 Å². The van der Waals surface area contributed by atoms with Crippen LogP contribution >= 0.6 is 11.6 Å². The highest BCUT2D eigenvalue weighted by Crippen LogP contribution is 2.33. The first kappa shape index (κ1) is 15.2. The standard InChI is InChI=1S/C14H18ClN5O2/c1-19(2)8-16-12-10-5-6-20(13(10)18-14(15)17-12)11-4-3-9(7-21)22-11/h5-6,8-9,11,21H,3-4,7H2,1-2H3. The zero-order valence-electron chi connectivity index (χ0n) is 12.5. The van der Waals surface area contributed by atoms with E-state index in [1.165, 1.54) is 0 Å². The summed E-state index contributed by atoms with van der Waals surface area (Å²) in [5.41, 5.74) is 0.689. The number of aliphatic imine (C=N–C) groups is 1. The van der Waals surface area contributed by atoms with Crippen molar-refractivity contribution in [3.05, 3.63) is 17.5 Å². The van der Waals surface area contributed by atoms with Gasteiger partial charge in [0.1, 0.15) is 11.9 Å². The minimum atomic E-state index is -0.147. The molecular formula is C14H18ClN5O2. The van der Waals surface area contributed by atoms with Crippen LogP contribution in [0.15, 0.2) is 17.3 Å². The molecule has 0 aliphatic carbocycles. The first-order valence-electron chi connectivity index (χ1n) is 7.09. The Morgan fingerprint density at radius 2 is 2.32 bits per heavy atom. The summed E-state index contributed by atoms with van der Waals surface area (Å²) in [5, 5.41) is 10.2. The van der Waals surface area contributed by atoms with E-state index in [0.717, 1.165) is 18.2 Å². The van der Waals surface area contributed by atoms with Gasteiger partial charge < -0.3 is 19.3 Å². The molecule has 0 amide bonds. The molecule has 0 radical (unpaired) electrons. The molecule has 2 unspecified atom stereocenters. The SMILES string of the molecule is CN(C)C=Nc1nc(Cl)nc2c1ccn2C1CCC(CO)O1. The third kappa shape index (κ3) is 2.92. The molecule has 8 heteroatoms. The van der Waals surface area contributed by atoms with Gasteiger partial charge in [-0.05, 0) is 30.5 Å². The Balaban J connectivity index is 2.00. The fourth-order valence-electron chi connectivity index (χ4n) is 2.52. The van der Waals surface area contributed by atoms with Gasteiger partial charge in [-0.2, -0.15) is 9.97 Å². The maximum absolute atomic E-state index is 9.20. The number of aliphatic hydroxyl groups is 1. The molecule has 0 saturated carbocycles. The van der Waals surface area contributed by atoms with Crippen LogP contribution in [0.3, 0.4) is 0 Å². The van der Waals surface area contributed by atoms with E-state index in [-0.39, 0.29) is 24.2 Å². The fraction of sp³-hybridized carbons (Fsp3) is 0.500. The topological polar surface area (TPSA) is 75.8 Å². The smallest absolute Gasteiger partial charge is 0.226 e. The number of aliphatic hydroxyl groups excluding tert-OH is 1. The van der Waals surface area contributed by atoms with Crippen LogP contribution in [0.25, 0.3) is 11.0 Å². The molecule has 1 aliphatic heterocycles. The van der Waals surface area contributed by atoms with Crippen molar-refractivity contribution in [2.24, 2.45) is 4.99 Å². The number of hydrogen-bond donors (Lipinski definition) is 1. The van der Waals surface area contributed by atoms with Crippen molar-refractivity contribution in [2.75, 3.05) is 20.7 Å². The maximum Gasteiger partial charge on any atom is 0.226 e. The Morgan fingerprint density at radius 3 is 3.00 bits per heavy atom. The molecule has 3 heterocycles. The third-order valence-electron chi connectivity index (χ3n) is 3.53. The summed E-state index contributed by atoms with van der Waals surface area (Å²) in [6, 6.07) is 1.91. The van der Waals surface area contributed by atoms with Crippen molar-refractivity contribution in [3.8, 4) is 0 Å². The lowest BCUT2D eigenvalue weighted by Crippen LogP contribution is -2.14. The van der Waals surface area contributed by atoms with E-state index in [1.54, 1.807) is 6.34 Å². The Kier molecular flexibility index (Phi) is 4.28. The molecule has 0 bridgehead atoms. The molecule has 3 rings (SSSR count). The molecule has 7 nitrogen and oxygen atoms in total. The van der Waals surface area contributed by atoms with Gasteiger partial charge in [-0.1, -0.05) is 0 Å². The summed E-state index contributed by atoms with van der Waals surface area (Å²) >= 11 is 6.03. The zero-order valence-corrected chi connectivity index (χ0v) is 13.2. The van der Waals surface area contributed by atoms with E-state index < -0.39 is 0 Å². The molecule has 118 valence electrons. The number of halogens is 1. The van der Waals surface area contributed by atoms with E-state index in [1.807, 2.05) is 35.8 Å². The Labute approximate surface area is 133 Å². The number of nitrogens with zero attached hydrogens (tertiary/aromatic N) is 5. The van der Waals surface area contributed by atoms with Crippen LogP contribution in [0.5, 0.6) is 0 Å². The minimum absolute atomic E-state index is 0.0316. The normalized spacial score (nSPS) is 22.0. The number of hydrogen-bond acceptors (Lipinski definition) is 5. The largest absolute Gasteiger partial charge is 0.394 e. The van der Waals surface area contributed by atoms with Gasteiger partial charge in [0.05, 0.1) is 24.4 Å². The van der Waals surface area contributed by atoms with Gasteiger partial charge in [0.25, 0.3) is 0 Å². The second-order valence-corrected chi connectivity index (χ2v) is 5.80. The predicted molar refractivity (Wildman–Crippen MR) is 84.6 cm³/mol. The molecule has 0 aromatic carbocycles. The lowest BCUT2D eigenvalue weighted by atomic mass is 10.2. The average molecular weight is 324 g/mol. The van der Waals surface area contributed by atoms with Crippen molar-refractivity contribution < 1.29 is 9.84 Å². The highest BCUT2D eigenvalue weighted by Gasteiger charge is 2.27. The molecule has 1 fully saturated rings. The Morgan fingerprint density at radius 1 is 1.50 bits per heavy atom. The molecule has 1 aliphatic rings. The second kappa shape index (κ2) is 6.20. The Bertz CT molecular complexity index is 700. The molecule has 2 atom stereocenters. The van der Waals surface area contributed by atoms with E-state index in [4.69, 9.17) is 16.3 Å². The van der Waals surface area contributed by atoms with Gasteiger partial charge in [-0.3, -0.25) is 0 Å². The summed E-state index contributed by atoms with van der Waals surface area (Å²) < 4.78 is 7.73. The maximum atomic E-state index is 9.20. The minimum Gasteiger partial charge on any atom is -0.394 e. The fourth-order valence-corrected chi connectivity index (χ4v) is 2.68. The van der Waals surface area contributed by atoms with Crippen LogP contribution in [-0.2, 0) is 4.74 Å². The summed E-state index contributed by atoms with van der Waals surface area (Å²) in [6.07, 6.45) is 4.95. The highest BCUT2D eigenvalue weighted by atomic mass is 35.5. The number of ether oxygens (including phenoxy) is 1. The van der Waals surface area contributed by atoms with Crippen molar-refractivity contribution in [2.45, 2.75) is 25.2 Å². The van der Waals surface area contributed by atoms with Crippen molar-refractivity contribution >= 4 is 34.8 Å². The molecular weight excluding hydrogens is 306 g/mol. The van der Waals surface area contributed by atoms with Gasteiger partial charge in [0.15, 0.2) is 5.82 Å². The van der Waals surface area contributed by atoms with Crippen LogP contribution in [0.1, 0.15) is 19.1 Å². The van der Waals surface area contributed by atoms with Crippen molar-refractivity contribution in [3.63, 3.8) is 0 Å². The zero-order chi connectivity index (χ0) is 15.7. The summed E-state index contributed by atoms with van der Waals surface area (Å²) in [7, 11) is 3.77. The number of aromatic nitrogens is 3. The molecule has 1 N–H and O–H groups in total. The van der Waals surface area contributed by atoms with Crippen LogP contribution in [-0.4, -0.2) is 57.7 Å². The van der Waals surface area contributed by atoms with Gasteiger partial charge in [-0.25, -0.2) is 4.99 Å². The summed E-state index contributed by atoms with van der Waals surface area (Å²) in [4.78, 5) is 14.6. The summed E-state index contributed by atoms with van der Waals surface area (Å²) in [5.74, 6) is 0.527. The molecule has 2 aromatic rings. The highest BCUT2D eigenvalue weighted by molar-refractivity contribution is 6.28. The third-order valence-corrected chi connectivity index (χ3v) is 3.70. The van der Waals surface area contributed by atoms with Crippen LogP contribution in [0, 0.1) is 0 Å². The predicted octanol–water partition coefficient (Wildman–Crippen LogP) is 1.98. The van der Waals surface area contributed by atoms with Crippen molar-refractivity contribution in [1.29, 1.82) is 0 Å². The van der Waals surface area contributed by atoms with Crippen LogP contribution in [0.2, 0.25) is 5.28 Å².